The molecule has 1 heterocycles. The third-order valence-corrected chi connectivity index (χ3v) is 2.25. The first-order valence-corrected chi connectivity index (χ1v) is 4.85. The molecule has 76 valence electrons. The molecule has 1 aromatic heterocycles. The summed E-state index contributed by atoms with van der Waals surface area (Å²) in [5.74, 6) is 0. The summed E-state index contributed by atoms with van der Waals surface area (Å²) in [4.78, 5) is 7.94. The van der Waals surface area contributed by atoms with Gasteiger partial charge in [-0.05, 0) is 17.5 Å². The second kappa shape index (κ2) is 4.66. The molecule has 15 heavy (non-hydrogen) atoms. The molecule has 2 aromatic rings. The minimum Gasteiger partial charge on any atom is -0.396 e. The summed E-state index contributed by atoms with van der Waals surface area (Å²) in [6.07, 6.45) is 5.79. The lowest BCUT2D eigenvalue weighted by Gasteiger charge is -2.02. The average Bonchev–Trinajstić information content (AvgIpc) is 2.32. The van der Waals surface area contributed by atoms with E-state index in [4.69, 9.17) is 5.11 Å². The predicted octanol–water partition coefficient (Wildman–Crippen LogP) is 1.68. The molecule has 0 aliphatic rings. The van der Waals surface area contributed by atoms with Crippen molar-refractivity contribution in [2.45, 2.75) is 6.42 Å². The van der Waals surface area contributed by atoms with E-state index in [1.807, 2.05) is 24.3 Å². The van der Waals surface area contributed by atoms with Crippen LogP contribution >= 0.6 is 0 Å². The van der Waals surface area contributed by atoms with Gasteiger partial charge in [0.1, 0.15) is 6.33 Å². The van der Waals surface area contributed by atoms with E-state index in [1.54, 1.807) is 12.4 Å². The first kappa shape index (κ1) is 9.80. The molecule has 0 fully saturated rings. The van der Waals surface area contributed by atoms with Crippen molar-refractivity contribution in [1.82, 2.24) is 9.97 Å². The number of aliphatic hydroxyl groups excluding tert-OH is 1. The van der Waals surface area contributed by atoms with Crippen molar-refractivity contribution in [2.24, 2.45) is 0 Å². The second-order valence-electron chi connectivity index (χ2n) is 3.30. The molecule has 3 heteroatoms. The van der Waals surface area contributed by atoms with Gasteiger partial charge < -0.3 is 5.11 Å². The van der Waals surface area contributed by atoms with Gasteiger partial charge in [0.05, 0.1) is 0 Å². The molecule has 1 aromatic carbocycles. The first-order valence-electron chi connectivity index (χ1n) is 4.85. The fourth-order valence-corrected chi connectivity index (χ4v) is 1.44. The van der Waals surface area contributed by atoms with Gasteiger partial charge in [0.15, 0.2) is 0 Å². The van der Waals surface area contributed by atoms with E-state index < -0.39 is 0 Å². The van der Waals surface area contributed by atoms with Gasteiger partial charge in [-0.2, -0.15) is 0 Å². The molecular weight excluding hydrogens is 188 g/mol. The summed E-state index contributed by atoms with van der Waals surface area (Å²) in [5.41, 5.74) is 3.24. The molecule has 0 aliphatic carbocycles. The average molecular weight is 200 g/mol. The van der Waals surface area contributed by atoms with Crippen molar-refractivity contribution >= 4 is 0 Å². The zero-order valence-electron chi connectivity index (χ0n) is 8.30. The molecule has 2 rings (SSSR count). The number of aliphatic hydroxyl groups is 1. The molecule has 0 aliphatic heterocycles. The van der Waals surface area contributed by atoms with Crippen LogP contribution in [-0.2, 0) is 6.42 Å². The number of hydrogen-bond acceptors (Lipinski definition) is 3. The first-order chi connectivity index (χ1) is 7.40. The maximum absolute atomic E-state index is 8.79. The van der Waals surface area contributed by atoms with E-state index in [0.717, 1.165) is 16.7 Å². The molecule has 1 N–H and O–H groups in total. The molecule has 3 nitrogen and oxygen atoms in total. The van der Waals surface area contributed by atoms with Crippen molar-refractivity contribution in [3.05, 3.63) is 48.5 Å². The molecule has 0 saturated carbocycles. The topological polar surface area (TPSA) is 46.0 Å². The molecule has 0 amide bonds. The van der Waals surface area contributed by atoms with Gasteiger partial charge in [0.25, 0.3) is 0 Å². The Morgan fingerprint density at radius 1 is 0.933 bits per heavy atom. The second-order valence-corrected chi connectivity index (χ2v) is 3.30. The van der Waals surface area contributed by atoms with Crippen LogP contribution in [0.15, 0.2) is 43.0 Å². The SMILES string of the molecule is OCCc1ccc(-c2cncnc2)cc1. The van der Waals surface area contributed by atoms with Crippen LogP contribution in [0.25, 0.3) is 11.1 Å². The Morgan fingerprint density at radius 2 is 1.60 bits per heavy atom. The summed E-state index contributed by atoms with van der Waals surface area (Å²) in [6, 6.07) is 8.06. The van der Waals surface area contributed by atoms with Crippen LogP contribution in [-0.4, -0.2) is 21.7 Å². The molecule has 0 radical (unpaired) electrons. The summed E-state index contributed by atoms with van der Waals surface area (Å²) in [5, 5.41) is 8.79. The minimum absolute atomic E-state index is 0.188. The zero-order chi connectivity index (χ0) is 10.5. The van der Waals surface area contributed by atoms with Crippen LogP contribution in [0, 0.1) is 0 Å². The Balaban J connectivity index is 2.24. The van der Waals surface area contributed by atoms with Gasteiger partial charge in [-0.1, -0.05) is 24.3 Å². The highest BCUT2D eigenvalue weighted by atomic mass is 16.2. The summed E-state index contributed by atoms with van der Waals surface area (Å²) >= 11 is 0. The Hall–Kier alpha value is -1.74. The van der Waals surface area contributed by atoms with Gasteiger partial charge in [0, 0.05) is 24.6 Å². The van der Waals surface area contributed by atoms with Crippen molar-refractivity contribution in [3.63, 3.8) is 0 Å². The number of hydrogen-bond donors (Lipinski definition) is 1. The van der Waals surface area contributed by atoms with Gasteiger partial charge in [-0.3, -0.25) is 0 Å². The highest BCUT2D eigenvalue weighted by Gasteiger charge is 1.97. The number of aromatic nitrogens is 2. The summed E-state index contributed by atoms with van der Waals surface area (Å²) in [7, 11) is 0. The monoisotopic (exact) mass is 200 g/mol. The standard InChI is InChI=1S/C12H12N2O/c15-6-5-10-1-3-11(4-2-10)12-7-13-9-14-8-12/h1-4,7-9,15H,5-6H2. The van der Waals surface area contributed by atoms with E-state index in [2.05, 4.69) is 9.97 Å². The van der Waals surface area contributed by atoms with Crippen molar-refractivity contribution in [2.75, 3.05) is 6.61 Å². The Labute approximate surface area is 88.5 Å². The predicted molar refractivity (Wildman–Crippen MR) is 58.3 cm³/mol. The van der Waals surface area contributed by atoms with Crippen LogP contribution in [0.3, 0.4) is 0 Å². The lowest BCUT2D eigenvalue weighted by Crippen LogP contribution is -1.90. The quantitative estimate of drug-likeness (QED) is 0.819. The van der Waals surface area contributed by atoms with Crippen LogP contribution in [0.1, 0.15) is 5.56 Å². The zero-order valence-corrected chi connectivity index (χ0v) is 8.30. The summed E-state index contributed by atoms with van der Waals surface area (Å²) < 4.78 is 0. The molecule has 0 saturated heterocycles. The largest absolute Gasteiger partial charge is 0.396 e. The van der Waals surface area contributed by atoms with Gasteiger partial charge in [-0.15, -0.1) is 0 Å². The lowest BCUT2D eigenvalue weighted by atomic mass is 10.1. The third kappa shape index (κ3) is 2.39. The number of rotatable bonds is 3. The van der Waals surface area contributed by atoms with Crippen LogP contribution in [0.2, 0.25) is 0 Å². The molecule has 0 unspecified atom stereocenters. The maximum atomic E-state index is 8.79. The highest BCUT2D eigenvalue weighted by molar-refractivity contribution is 5.61. The highest BCUT2D eigenvalue weighted by Crippen LogP contribution is 2.17. The van der Waals surface area contributed by atoms with Crippen LogP contribution < -0.4 is 0 Å². The van der Waals surface area contributed by atoms with Crippen LogP contribution in [0.5, 0.6) is 0 Å². The molecule has 0 bridgehead atoms. The fraction of sp³-hybridized carbons (Fsp3) is 0.167. The fourth-order valence-electron chi connectivity index (χ4n) is 1.44. The number of nitrogens with zero attached hydrogens (tertiary/aromatic N) is 2. The van der Waals surface area contributed by atoms with Gasteiger partial charge in [0.2, 0.25) is 0 Å². The molecule has 0 atom stereocenters. The maximum Gasteiger partial charge on any atom is 0.115 e. The van der Waals surface area contributed by atoms with Gasteiger partial charge >= 0.3 is 0 Å². The Bertz CT molecular complexity index is 411. The van der Waals surface area contributed by atoms with E-state index in [-0.39, 0.29) is 6.61 Å². The Morgan fingerprint density at radius 3 is 2.20 bits per heavy atom. The van der Waals surface area contributed by atoms with Crippen LogP contribution in [0.4, 0.5) is 0 Å². The smallest absolute Gasteiger partial charge is 0.115 e. The third-order valence-electron chi connectivity index (χ3n) is 2.25. The van der Waals surface area contributed by atoms with E-state index in [0.29, 0.717) is 6.42 Å². The van der Waals surface area contributed by atoms with E-state index >= 15 is 0 Å². The van der Waals surface area contributed by atoms with Crippen molar-refractivity contribution in [1.29, 1.82) is 0 Å². The normalized spacial score (nSPS) is 10.2. The Kier molecular flexibility index (Phi) is 3.05. The summed E-state index contributed by atoms with van der Waals surface area (Å²) in [6.45, 7) is 0.188. The van der Waals surface area contributed by atoms with E-state index in [9.17, 15) is 0 Å². The molecule has 0 spiro atoms. The lowest BCUT2D eigenvalue weighted by molar-refractivity contribution is 0.299. The van der Waals surface area contributed by atoms with Crippen molar-refractivity contribution < 1.29 is 5.11 Å². The van der Waals surface area contributed by atoms with Crippen molar-refractivity contribution in [3.8, 4) is 11.1 Å². The molecular formula is C12H12N2O. The van der Waals surface area contributed by atoms with E-state index in [1.165, 1.54) is 6.33 Å². The minimum atomic E-state index is 0.188. The number of benzene rings is 1. The van der Waals surface area contributed by atoms with Gasteiger partial charge in [-0.25, -0.2) is 9.97 Å².